The van der Waals surface area contributed by atoms with Gasteiger partial charge in [0.2, 0.25) is 5.91 Å². The molecule has 1 heterocycles. The Kier molecular flexibility index (Phi) is 10.9. The SMILES string of the molecule is CCN1CCCC1CNC(=NCc1ccc(C(F)(F)F)cc1)NCC(=O)N(C)C.I. The molecule has 1 saturated heterocycles. The number of guanidine groups is 1. The van der Waals surface area contributed by atoms with Gasteiger partial charge in [-0.15, -0.1) is 24.0 Å². The molecule has 0 bridgehead atoms. The number of likely N-dealkylation sites (N-methyl/N-ethyl adjacent to an activating group) is 2. The average molecular weight is 541 g/mol. The van der Waals surface area contributed by atoms with E-state index in [2.05, 4.69) is 27.4 Å². The molecule has 1 unspecified atom stereocenters. The van der Waals surface area contributed by atoms with Crippen LogP contribution in [0.25, 0.3) is 0 Å². The molecule has 0 aromatic heterocycles. The van der Waals surface area contributed by atoms with E-state index in [0.717, 1.165) is 38.1 Å². The van der Waals surface area contributed by atoms with E-state index in [-0.39, 0.29) is 43.0 Å². The molecule has 6 nitrogen and oxygen atoms in total. The smallest absolute Gasteiger partial charge is 0.355 e. The first kappa shape index (κ1) is 26.5. The highest BCUT2D eigenvalue weighted by Gasteiger charge is 2.29. The summed E-state index contributed by atoms with van der Waals surface area (Å²) in [7, 11) is 3.35. The summed E-state index contributed by atoms with van der Waals surface area (Å²) >= 11 is 0. The lowest BCUT2D eigenvalue weighted by Crippen LogP contribution is -2.47. The van der Waals surface area contributed by atoms with Gasteiger partial charge in [0.25, 0.3) is 0 Å². The summed E-state index contributed by atoms with van der Waals surface area (Å²) < 4.78 is 38.1. The molecule has 1 fully saturated rings. The number of alkyl halides is 3. The summed E-state index contributed by atoms with van der Waals surface area (Å²) in [5.74, 6) is 0.383. The van der Waals surface area contributed by atoms with Gasteiger partial charge in [-0.05, 0) is 43.6 Å². The molecule has 1 atom stereocenters. The number of likely N-dealkylation sites (tertiary alicyclic amines) is 1. The zero-order valence-electron chi connectivity index (χ0n) is 17.6. The van der Waals surface area contributed by atoms with Crippen molar-refractivity contribution < 1.29 is 18.0 Å². The van der Waals surface area contributed by atoms with Crippen LogP contribution in [0, 0.1) is 0 Å². The quantitative estimate of drug-likeness (QED) is 0.317. The number of halogens is 4. The molecule has 2 N–H and O–H groups in total. The Morgan fingerprint density at radius 1 is 1.23 bits per heavy atom. The fourth-order valence-corrected chi connectivity index (χ4v) is 3.22. The predicted octanol–water partition coefficient (Wildman–Crippen LogP) is 2.93. The number of rotatable bonds is 7. The molecule has 10 heteroatoms. The van der Waals surface area contributed by atoms with Crippen molar-refractivity contribution in [3.05, 3.63) is 35.4 Å². The van der Waals surface area contributed by atoms with Gasteiger partial charge in [0.15, 0.2) is 5.96 Å². The first-order chi connectivity index (χ1) is 13.7. The highest BCUT2D eigenvalue weighted by atomic mass is 127. The van der Waals surface area contributed by atoms with Crippen molar-refractivity contribution >= 4 is 35.8 Å². The Hall–Kier alpha value is -1.56. The Bertz CT molecular complexity index is 695. The van der Waals surface area contributed by atoms with Gasteiger partial charge in [-0.3, -0.25) is 9.69 Å². The van der Waals surface area contributed by atoms with Crippen molar-refractivity contribution in [1.82, 2.24) is 20.4 Å². The van der Waals surface area contributed by atoms with Crippen molar-refractivity contribution in [2.24, 2.45) is 4.99 Å². The molecule has 1 amide bonds. The summed E-state index contributed by atoms with van der Waals surface area (Å²) in [6.07, 6.45) is -2.09. The molecule has 0 spiro atoms. The van der Waals surface area contributed by atoms with Crippen LogP contribution in [0.2, 0.25) is 0 Å². The molecule has 0 radical (unpaired) electrons. The third-order valence-corrected chi connectivity index (χ3v) is 5.02. The maximum Gasteiger partial charge on any atom is 0.416 e. The number of aliphatic imine (C=N–C) groups is 1. The average Bonchev–Trinajstić information content (AvgIpc) is 3.14. The Morgan fingerprint density at radius 3 is 2.47 bits per heavy atom. The van der Waals surface area contributed by atoms with Gasteiger partial charge in [0.1, 0.15) is 0 Å². The van der Waals surface area contributed by atoms with Crippen molar-refractivity contribution in [3.63, 3.8) is 0 Å². The monoisotopic (exact) mass is 541 g/mol. The normalized spacial score (nSPS) is 17.4. The van der Waals surface area contributed by atoms with Crippen LogP contribution in [0.3, 0.4) is 0 Å². The minimum atomic E-state index is -4.35. The molecule has 170 valence electrons. The van der Waals surface area contributed by atoms with Crippen molar-refractivity contribution in [3.8, 4) is 0 Å². The minimum absolute atomic E-state index is 0. The lowest BCUT2D eigenvalue weighted by molar-refractivity contribution is -0.137. The summed E-state index contributed by atoms with van der Waals surface area (Å²) in [4.78, 5) is 20.2. The van der Waals surface area contributed by atoms with E-state index in [9.17, 15) is 18.0 Å². The van der Waals surface area contributed by atoms with Crippen molar-refractivity contribution in [1.29, 1.82) is 0 Å². The first-order valence-corrected chi connectivity index (χ1v) is 9.83. The van der Waals surface area contributed by atoms with Gasteiger partial charge in [-0.1, -0.05) is 19.1 Å². The number of hydrogen-bond donors (Lipinski definition) is 2. The standard InChI is InChI=1S/C20H30F3N5O.HI/c1-4-28-11-5-6-17(28)13-25-19(26-14-18(29)27(2)3)24-12-15-7-9-16(10-8-15)20(21,22)23;/h7-10,17H,4-6,11-14H2,1-3H3,(H2,24,25,26);1H. The lowest BCUT2D eigenvalue weighted by atomic mass is 10.1. The number of benzene rings is 1. The minimum Gasteiger partial charge on any atom is -0.355 e. The topological polar surface area (TPSA) is 60.0 Å². The van der Waals surface area contributed by atoms with Crippen LogP contribution in [-0.4, -0.2) is 68.0 Å². The first-order valence-electron chi connectivity index (χ1n) is 9.83. The van der Waals surface area contributed by atoms with E-state index < -0.39 is 11.7 Å². The third kappa shape index (κ3) is 8.29. The van der Waals surface area contributed by atoms with E-state index in [1.165, 1.54) is 17.0 Å². The highest BCUT2D eigenvalue weighted by Crippen LogP contribution is 2.29. The largest absolute Gasteiger partial charge is 0.416 e. The van der Waals surface area contributed by atoms with Crippen molar-refractivity contribution in [2.75, 3.05) is 40.3 Å². The molecule has 30 heavy (non-hydrogen) atoms. The maximum atomic E-state index is 12.7. The second-order valence-corrected chi connectivity index (χ2v) is 7.31. The second kappa shape index (κ2) is 12.3. The molecule has 0 saturated carbocycles. The number of carbonyl (C=O) groups is 1. The summed E-state index contributed by atoms with van der Waals surface area (Å²) in [5.41, 5.74) is -0.0201. The molecule has 0 aliphatic carbocycles. The van der Waals surface area contributed by atoms with Crippen molar-refractivity contribution in [2.45, 2.75) is 38.5 Å². The zero-order valence-corrected chi connectivity index (χ0v) is 20.0. The van der Waals surface area contributed by atoms with E-state index in [4.69, 9.17) is 0 Å². The van der Waals surface area contributed by atoms with Crippen LogP contribution in [-0.2, 0) is 17.5 Å². The Labute approximate surface area is 193 Å². The number of nitrogens with one attached hydrogen (secondary N) is 2. The van der Waals surface area contributed by atoms with Gasteiger partial charge >= 0.3 is 6.18 Å². The fraction of sp³-hybridized carbons (Fsp3) is 0.600. The Balaban J connectivity index is 0.00000450. The molecular formula is C20H31F3IN5O. The maximum absolute atomic E-state index is 12.7. The van der Waals surface area contributed by atoms with Gasteiger partial charge in [0.05, 0.1) is 18.7 Å². The second-order valence-electron chi connectivity index (χ2n) is 7.31. The third-order valence-electron chi connectivity index (χ3n) is 5.02. The highest BCUT2D eigenvalue weighted by molar-refractivity contribution is 14.0. The lowest BCUT2D eigenvalue weighted by Gasteiger charge is -2.24. The van der Waals surface area contributed by atoms with Crippen LogP contribution in [0.4, 0.5) is 13.2 Å². The molecule has 1 aliphatic rings. The Morgan fingerprint density at radius 2 is 1.90 bits per heavy atom. The van der Waals surface area contributed by atoms with Crippen LogP contribution < -0.4 is 10.6 Å². The number of carbonyl (C=O) groups excluding carboxylic acids is 1. The molecule has 1 aromatic carbocycles. The molecule has 2 rings (SSSR count). The number of hydrogen-bond acceptors (Lipinski definition) is 3. The van der Waals surface area contributed by atoms with E-state index in [1.807, 2.05) is 0 Å². The van der Waals surface area contributed by atoms with E-state index in [0.29, 0.717) is 24.1 Å². The van der Waals surface area contributed by atoms with Gasteiger partial charge in [0, 0.05) is 26.7 Å². The van der Waals surface area contributed by atoms with Crippen LogP contribution in [0.1, 0.15) is 30.9 Å². The van der Waals surface area contributed by atoms with Gasteiger partial charge in [-0.25, -0.2) is 4.99 Å². The number of amides is 1. The zero-order chi connectivity index (χ0) is 21.4. The van der Waals surface area contributed by atoms with Crippen LogP contribution in [0.15, 0.2) is 29.3 Å². The van der Waals surface area contributed by atoms with Gasteiger partial charge in [-0.2, -0.15) is 13.2 Å². The predicted molar refractivity (Wildman–Crippen MR) is 123 cm³/mol. The van der Waals surface area contributed by atoms with Gasteiger partial charge < -0.3 is 15.5 Å². The van der Waals surface area contributed by atoms with Crippen LogP contribution >= 0.6 is 24.0 Å². The van der Waals surface area contributed by atoms with E-state index in [1.54, 1.807) is 14.1 Å². The fourth-order valence-electron chi connectivity index (χ4n) is 3.22. The molecule has 1 aliphatic heterocycles. The summed E-state index contributed by atoms with van der Waals surface area (Å²) in [5, 5.41) is 6.29. The van der Waals surface area contributed by atoms with Crippen LogP contribution in [0.5, 0.6) is 0 Å². The number of nitrogens with zero attached hydrogens (tertiary/aromatic N) is 3. The summed E-state index contributed by atoms with van der Waals surface area (Å²) in [6, 6.07) is 5.36. The van der Waals surface area contributed by atoms with E-state index >= 15 is 0 Å². The molecule has 1 aromatic rings. The summed E-state index contributed by atoms with van der Waals surface area (Å²) in [6.45, 7) is 5.19. The molecular weight excluding hydrogens is 510 g/mol.